The van der Waals surface area contributed by atoms with Crippen molar-refractivity contribution in [2.75, 3.05) is 6.61 Å². The molecule has 2 aliphatic rings. The lowest BCUT2D eigenvalue weighted by atomic mass is 9.98. The number of ether oxygens (including phenoxy) is 2. The van der Waals surface area contributed by atoms with E-state index in [2.05, 4.69) is 0 Å². The topological polar surface area (TPSA) is 157 Å². The highest BCUT2D eigenvalue weighted by molar-refractivity contribution is 6.08. The molecule has 162 valence electrons. The second kappa shape index (κ2) is 9.41. The zero-order valence-electron chi connectivity index (χ0n) is 15.9. The van der Waals surface area contributed by atoms with Crippen molar-refractivity contribution in [1.29, 1.82) is 0 Å². The Kier molecular flexibility index (Phi) is 6.91. The fraction of sp³-hybridized carbons (Fsp3) is 0.381. The van der Waals surface area contributed by atoms with Crippen LogP contribution in [0.25, 0.3) is 0 Å². The first-order valence-corrected chi connectivity index (χ1v) is 9.40. The van der Waals surface area contributed by atoms with Crippen molar-refractivity contribution in [2.45, 2.75) is 37.1 Å². The van der Waals surface area contributed by atoms with Gasteiger partial charge in [0.25, 0.3) is 0 Å². The molecule has 9 heteroatoms. The van der Waals surface area contributed by atoms with Crippen LogP contribution in [0.3, 0.4) is 0 Å². The summed E-state index contributed by atoms with van der Waals surface area (Å²) in [5.74, 6) is -0.985. The summed E-state index contributed by atoms with van der Waals surface area (Å²) in [6.45, 7) is -0.627. The average molecular weight is 420 g/mol. The van der Waals surface area contributed by atoms with Crippen LogP contribution in [0.15, 0.2) is 54.3 Å². The van der Waals surface area contributed by atoms with E-state index in [1.54, 1.807) is 18.2 Å². The number of aromatic hydroxyl groups is 1. The molecule has 1 aromatic rings. The zero-order valence-corrected chi connectivity index (χ0v) is 15.9. The summed E-state index contributed by atoms with van der Waals surface area (Å²) in [4.78, 5) is 12.7. The largest absolute Gasteiger partial charge is 0.508 e. The maximum Gasteiger partial charge on any atom is 0.229 e. The van der Waals surface area contributed by atoms with Gasteiger partial charge in [-0.2, -0.15) is 0 Å². The molecule has 1 fully saturated rings. The number of aliphatic hydroxyl groups is 5. The molecule has 0 saturated carbocycles. The molecule has 1 unspecified atom stereocenters. The van der Waals surface area contributed by atoms with Crippen molar-refractivity contribution >= 4 is 5.78 Å². The molecule has 9 nitrogen and oxygen atoms in total. The lowest BCUT2D eigenvalue weighted by Crippen LogP contribution is -2.60. The molecule has 1 aromatic carbocycles. The smallest absolute Gasteiger partial charge is 0.229 e. The van der Waals surface area contributed by atoms with E-state index in [0.717, 1.165) is 0 Å². The minimum Gasteiger partial charge on any atom is -0.508 e. The lowest BCUT2D eigenvalue weighted by molar-refractivity contribution is -0.277. The number of carbonyl (C=O) groups excluding carboxylic acids is 1. The first-order valence-electron chi connectivity index (χ1n) is 9.40. The lowest BCUT2D eigenvalue weighted by Gasteiger charge is -2.39. The van der Waals surface area contributed by atoms with Crippen molar-refractivity contribution in [3.63, 3.8) is 0 Å². The van der Waals surface area contributed by atoms with Crippen molar-refractivity contribution < 1.29 is 44.9 Å². The minimum atomic E-state index is -1.66. The number of carbonyl (C=O) groups is 1. The van der Waals surface area contributed by atoms with Crippen molar-refractivity contribution in [1.82, 2.24) is 0 Å². The second-order valence-electron chi connectivity index (χ2n) is 7.08. The third-order valence-corrected chi connectivity index (χ3v) is 4.95. The summed E-state index contributed by atoms with van der Waals surface area (Å²) in [6, 6.07) is 4.10. The molecule has 30 heavy (non-hydrogen) atoms. The van der Waals surface area contributed by atoms with Crippen LogP contribution in [-0.4, -0.2) is 73.7 Å². The molecule has 1 heterocycles. The number of hydrogen-bond acceptors (Lipinski definition) is 9. The van der Waals surface area contributed by atoms with Gasteiger partial charge in [0.1, 0.15) is 47.2 Å². The van der Waals surface area contributed by atoms with Gasteiger partial charge in [0, 0.05) is 0 Å². The quantitative estimate of drug-likeness (QED) is 0.282. The monoisotopic (exact) mass is 420 g/mol. The fourth-order valence-corrected chi connectivity index (χ4v) is 3.22. The predicted octanol–water partition coefficient (Wildman–Crippen LogP) is 0.328. The van der Waals surface area contributed by atoms with Gasteiger partial charge in [-0.25, -0.2) is 0 Å². The van der Waals surface area contributed by atoms with E-state index < -0.39 is 43.1 Å². The van der Waals surface area contributed by atoms with E-state index >= 15 is 0 Å². The molecule has 0 aromatic heterocycles. The normalized spacial score (nSPS) is 31.5. The summed E-state index contributed by atoms with van der Waals surface area (Å²) >= 11 is 0. The number of phenolic OH excluding ortho intramolecular Hbond substituents is 1. The Morgan fingerprint density at radius 3 is 2.60 bits per heavy atom. The molecule has 0 amide bonds. The van der Waals surface area contributed by atoms with E-state index in [0.29, 0.717) is 6.42 Å². The van der Waals surface area contributed by atoms with Crippen molar-refractivity contribution in [3.8, 4) is 11.5 Å². The molecule has 3 rings (SSSR count). The number of allylic oxidation sites excluding steroid dienone is 5. The van der Waals surface area contributed by atoms with Gasteiger partial charge >= 0.3 is 0 Å². The highest BCUT2D eigenvalue weighted by atomic mass is 16.7. The molecule has 0 bridgehead atoms. The van der Waals surface area contributed by atoms with Crippen LogP contribution in [0, 0.1) is 5.92 Å². The van der Waals surface area contributed by atoms with Crippen LogP contribution in [0.1, 0.15) is 16.8 Å². The van der Waals surface area contributed by atoms with Crippen molar-refractivity contribution in [2.24, 2.45) is 5.92 Å². The van der Waals surface area contributed by atoms with Gasteiger partial charge in [0.2, 0.25) is 6.29 Å². The van der Waals surface area contributed by atoms with Gasteiger partial charge < -0.3 is 40.1 Å². The van der Waals surface area contributed by atoms with Crippen LogP contribution < -0.4 is 4.74 Å². The molecule has 6 N–H and O–H groups in total. The van der Waals surface area contributed by atoms with Gasteiger partial charge in [0.05, 0.1) is 6.61 Å². The number of benzene rings is 1. The fourth-order valence-electron chi connectivity index (χ4n) is 3.22. The van der Waals surface area contributed by atoms with Gasteiger partial charge in [-0.15, -0.1) is 0 Å². The number of phenols is 1. The van der Waals surface area contributed by atoms with Gasteiger partial charge in [-0.1, -0.05) is 18.2 Å². The zero-order chi connectivity index (χ0) is 21.8. The standard InChI is InChI=1S/C21H24O9/c22-10-16-18(26)19(27)20(28)21(30-16)29-15-3-1-2-13(24)17(15)14(25)9-6-11-4-7-12(23)8-5-11/h1-4,6-9,11,16,18-24,26-28H,5,10H2/t11?,16-,18-,19+,20-,21-/m1/s1. The van der Waals surface area contributed by atoms with Gasteiger partial charge in [-0.3, -0.25) is 4.79 Å². The maximum absolute atomic E-state index is 12.7. The van der Waals surface area contributed by atoms with E-state index in [-0.39, 0.29) is 28.7 Å². The SMILES string of the molecule is O=C(C=CC1C=CC(O)=CC1)c1c(O)cccc1O[C@@H]1O[C@H](CO)[C@@H](O)[C@H](O)[C@H]1O. The van der Waals surface area contributed by atoms with Crippen LogP contribution in [0.4, 0.5) is 0 Å². The number of rotatable bonds is 6. The van der Waals surface area contributed by atoms with Crippen LogP contribution >= 0.6 is 0 Å². The Hall–Kier alpha value is -2.69. The molecule has 0 radical (unpaired) electrons. The van der Waals surface area contributed by atoms with Crippen LogP contribution in [0.2, 0.25) is 0 Å². The molecule has 6 atom stereocenters. The number of ketones is 1. The maximum atomic E-state index is 12.7. The summed E-state index contributed by atoms with van der Waals surface area (Å²) in [7, 11) is 0. The number of hydrogen-bond donors (Lipinski definition) is 6. The van der Waals surface area contributed by atoms with Crippen molar-refractivity contribution in [3.05, 3.63) is 59.9 Å². The van der Waals surface area contributed by atoms with E-state index in [9.17, 15) is 35.4 Å². The van der Waals surface area contributed by atoms with Crippen LogP contribution in [0.5, 0.6) is 11.5 Å². The molecule has 0 spiro atoms. The highest BCUT2D eigenvalue weighted by Gasteiger charge is 2.45. The summed E-state index contributed by atoms with van der Waals surface area (Å²) in [5.41, 5.74) is -0.177. The molecular formula is C21H24O9. The van der Waals surface area contributed by atoms with E-state index in [4.69, 9.17) is 9.47 Å². The Bertz CT molecular complexity index is 858. The minimum absolute atomic E-state index is 0.106. The Morgan fingerprint density at radius 2 is 1.93 bits per heavy atom. The Labute approximate surface area is 172 Å². The predicted molar refractivity (Wildman–Crippen MR) is 104 cm³/mol. The first kappa shape index (κ1) is 22.0. The van der Waals surface area contributed by atoms with Crippen LogP contribution in [-0.2, 0) is 4.74 Å². The first-order chi connectivity index (χ1) is 14.3. The summed E-state index contributed by atoms with van der Waals surface area (Å²) in [6.07, 6.45) is 0.761. The van der Waals surface area contributed by atoms with E-state index in [1.165, 1.54) is 30.4 Å². The summed E-state index contributed by atoms with van der Waals surface area (Å²) < 4.78 is 10.8. The van der Waals surface area contributed by atoms with Gasteiger partial charge in [-0.05, 0) is 42.7 Å². The third-order valence-electron chi connectivity index (χ3n) is 4.95. The molecule has 1 aliphatic carbocycles. The molecule has 1 saturated heterocycles. The van der Waals surface area contributed by atoms with E-state index in [1.807, 2.05) is 0 Å². The molecular weight excluding hydrogens is 396 g/mol. The molecule has 1 aliphatic heterocycles. The number of aliphatic hydroxyl groups excluding tert-OH is 5. The summed E-state index contributed by atoms with van der Waals surface area (Å²) in [5, 5.41) is 58.7. The average Bonchev–Trinajstić information content (AvgIpc) is 2.73. The Morgan fingerprint density at radius 1 is 1.17 bits per heavy atom. The third kappa shape index (κ3) is 4.72. The highest BCUT2D eigenvalue weighted by Crippen LogP contribution is 2.32. The second-order valence-corrected chi connectivity index (χ2v) is 7.08. The van der Waals surface area contributed by atoms with Gasteiger partial charge in [0.15, 0.2) is 5.78 Å². The Balaban J connectivity index is 1.79.